The van der Waals surface area contributed by atoms with Crippen LogP contribution in [0.1, 0.15) is 12.5 Å². The largest absolute Gasteiger partial charge is 0.493 e. The Hall–Kier alpha value is -2.99. The lowest BCUT2D eigenvalue weighted by molar-refractivity contribution is -0.117. The van der Waals surface area contributed by atoms with E-state index in [-0.39, 0.29) is 5.57 Å². The molecule has 2 aromatic carbocycles. The van der Waals surface area contributed by atoms with E-state index in [9.17, 15) is 9.59 Å². The molecule has 0 saturated carbocycles. The molecule has 1 aliphatic rings. The van der Waals surface area contributed by atoms with Gasteiger partial charge in [0.2, 0.25) is 0 Å². The number of rotatable bonds is 5. The van der Waals surface area contributed by atoms with E-state index >= 15 is 0 Å². The SMILES string of the molecule is CCOc1ccc(/C=C2\C(=O)NN(c3ccc(Cl)cc3)C2=O)cc1OC. The van der Waals surface area contributed by atoms with Gasteiger partial charge in [0.05, 0.1) is 19.4 Å². The van der Waals surface area contributed by atoms with Crippen LogP contribution in [-0.2, 0) is 9.59 Å². The van der Waals surface area contributed by atoms with E-state index < -0.39 is 11.8 Å². The number of benzene rings is 2. The van der Waals surface area contributed by atoms with Crippen molar-refractivity contribution in [2.24, 2.45) is 0 Å². The summed E-state index contributed by atoms with van der Waals surface area (Å²) in [6, 6.07) is 11.8. The molecule has 7 heteroatoms. The fourth-order valence-corrected chi connectivity index (χ4v) is 2.67. The molecule has 1 fully saturated rings. The van der Waals surface area contributed by atoms with Gasteiger partial charge < -0.3 is 9.47 Å². The summed E-state index contributed by atoms with van der Waals surface area (Å²) in [5, 5.41) is 1.74. The maximum atomic E-state index is 12.6. The number of methoxy groups -OCH3 is 1. The molecule has 0 bridgehead atoms. The zero-order valence-electron chi connectivity index (χ0n) is 14.3. The second kappa shape index (κ2) is 7.49. The van der Waals surface area contributed by atoms with Gasteiger partial charge in [-0.2, -0.15) is 0 Å². The maximum absolute atomic E-state index is 12.6. The van der Waals surface area contributed by atoms with E-state index in [0.29, 0.717) is 34.4 Å². The van der Waals surface area contributed by atoms with Gasteiger partial charge in [-0.15, -0.1) is 0 Å². The molecule has 0 spiro atoms. The first kappa shape index (κ1) is 17.8. The number of nitrogens with one attached hydrogen (secondary N) is 1. The minimum atomic E-state index is -0.474. The third-order valence-corrected chi connectivity index (χ3v) is 4.03. The first-order valence-corrected chi connectivity index (χ1v) is 8.35. The molecular weight excluding hydrogens is 356 g/mol. The van der Waals surface area contributed by atoms with E-state index in [4.69, 9.17) is 21.1 Å². The Bertz CT molecular complexity index is 878. The Balaban J connectivity index is 1.90. The van der Waals surface area contributed by atoms with Gasteiger partial charge in [-0.05, 0) is 55.0 Å². The quantitative estimate of drug-likeness (QED) is 0.646. The lowest BCUT2D eigenvalue weighted by Crippen LogP contribution is -2.35. The molecule has 0 radical (unpaired) electrons. The number of halogens is 1. The summed E-state index contributed by atoms with van der Waals surface area (Å²) in [7, 11) is 1.53. The van der Waals surface area contributed by atoms with Gasteiger partial charge in [-0.3, -0.25) is 15.0 Å². The molecule has 2 amide bonds. The first-order chi connectivity index (χ1) is 12.5. The average molecular weight is 373 g/mol. The summed E-state index contributed by atoms with van der Waals surface area (Å²) >= 11 is 5.86. The molecule has 2 aromatic rings. The van der Waals surface area contributed by atoms with Crippen LogP contribution in [-0.4, -0.2) is 25.5 Å². The highest BCUT2D eigenvalue weighted by molar-refractivity contribution is 6.32. The lowest BCUT2D eigenvalue weighted by atomic mass is 10.1. The van der Waals surface area contributed by atoms with Crippen molar-refractivity contribution in [1.82, 2.24) is 5.43 Å². The van der Waals surface area contributed by atoms with Crippen molar-refractivity contribution in [2.45, 2.75) is 6.92 Å². The fraction of sp³-hybridized carbons (Fsp3) is 0.158. The molecule has 6 nitrogen and oxygen atoms in total. The van der Waals surface area contributed by atoms with Crippen LogP contribution in [0.5, 0.6) is 11.5 Å². The van der Waals surface area contributed by atoms with Crippen LogP contribution in [0.4, 0.5) is 5.69 Å². The first-order valence-electron chi connectivity index (χ1n) is 7.97. The van der Waals surface area contributed by atoms with Crippen LogP contribution in [0.15, 0.2) is 48.0 Å². The number of hydrogen-bond donors (Lipinski definition) is 1. The van der Waals surface area contributed by atoms with Crippen molar-refractivity contribution < 1.29 is 19.1 Å². The third kappa shape index (κ3) is 3.50. The molecule has 0 atom stereocenters. The number of amides is 2. The Kier molecular flexibility index (Phi) is 5.14. The number of hydrazine groups is 1. The Morgan fingerprint density at radius 1 is 1.12 bits per heavy atom. The van der Waals surface area contributed by atoms with Gasteiger partial charge in [-0.25, -0.2) is 5.01 Å². The molecule has 0 aromatic heterocycles. The second-order valence-corrected chi connectivity index (χ2v) is 5.90. The topological polar surface area (TPSA) is 67.9 Å². The van der Waals surface area contributed by atoms with E-state index in [2.05, 4.69) is 5.43 Å². The smallest absolute Gasteiger partial charge is 0.282 e. The second-order valence-electron chi connectivity index (χ2n) is 5.46. The molecule has 134 valence electrons. The van der Waals surface area contributed by atoms with Gasteiger partial charge in [0.1, 0.15) is 5.57 Å². The molecule has 0 aliphatic carbocycles. The standard InChI is InChI=1S/C19H17ClN2O4/c1-3-26-16-9-4-12(11-17(16)25-2)10-15-18(23)21-22(19(15)24)14-7-5-13(20)6-8-14/h4-11H,3H2,1-2H3,(H,21,23)/b15-10+. The van der Waals surface area contributed by atoms with Crippen molar-refractivity contribution in [1.29, 1.82) is 0 Å². The highest BCUT2D eigenvalue weighted by Gasteiger charge is 2.34. The highest BCUT2D eigenvalue weighted by Crippen LogP contribution is 2.30. The molecule has 1 aliphatic heterocycles. The van der Waals surface area contributed by atoms with Gasteiger partial charge in [0.15, 0.2) is 11.5 Å². The number of hydrogen-bond acceptors (Lipinski definition) is 4. The van der Waals surface area contributed by atoms with Crippen molar-refractivity contribution in [2.75, 3.05) is 18.7 Å². The van der Waals surface area contributed by atoms with Crippen molar-refractivity contribution in [3.63, 3.8) is 0 Å². The molecule has 0 unspecified atom stereocenters. The van der Waals surface area contributed by atoms with E-state index in [1.165, 1.54) is 18.2 Å². The number of nitrogens with zero attached hydrogens (tertiary/aromatic N) is 1. The van der Waals surface area contributed by atoms with Crippen LogP contribution < -0.4 is 19.9 Å². The minimum absolute atomic E-state index is 0.0335. The van der Waals surface area contributed by atoms with Crippen LogP contribution in [0.25, 0.3) is 6.08 Å². The molecule has 1 saturated heterocycles. The molecule has 1 heterocycles. The zero-order valence-corrected chi connectivity index (χ0v) is 15.0. The number of carbonyl (C=O) groups is 2. The number of carbonyl (C=O) groups excluding carboxylic acids is 2. The molecule has 3 rings (SSSR count). The molecular formula is C19H17ClN2O4. The average Bonchev–Trinajstić information content (AvgIpc) is 2.92. The van der Waals surface area contributed by atoms with Crippen LogP contribution in [0.2, 0.25) is 5.02 Å². The van der Waals surface area contributed by atoms with Gasteiger partial charge in [-0.1, -0.05) is 17.7 Å². The highest BCUT2D eigenvalue weighted by atomic mass is 35.5. The lowest BCUT2D eigenvalue weighted by Gasteiger charge is -2.14. The summed E-state index contributed by atoms with van der Waals surface area (Å²) in [5.41, 5.74) is 3.76. The Labute approximate surface area is 155 Å². The maximum Gasteiger partial charge on any atom is 0.282 e. The Morgan fingerprint density at radius 2 is 1.85 bits per heavy atom. The number of anilines is 1. The summed E-state index contributed by atoms with van der Waals surface area (Å²) in [4.78, 5) is 24.9. The van der Waals surface area contributed by atoms with Crippen molar-refractivity contribution >= 4 is 35.2 Å². The Morgan fingerprint density at radius 3 is 2.50 bits per heavy atom. The van der Waals surface area contributed by atoms with E-state index in [1.807, 2.05) is 6.92 Å². The number of ether oxygens (including phenoxy) is 2. The van der Waals surface area contributed by atoms with Gasteiger partial charge >= 0.3 is 0 Å². The van der Waals surface area contributed by atoms with Gasteiger partial charge in [0.25, 0.3) is 11.8 Å². The summed E-state index contributed by atoms with van der Waals surface area (Å²) in [6.07, 6.45) is 1.52. The van der Waals surface area contributed by atoms with E-state index in [0.717, 1.165) is 0 Å². The third-order valence-electron chi connectivity index (χ3n) is 3.77. The predicted molar refractivity (Wildman–Crippen MR) is 99.2 cm³/mol. The van der Waals surface area contributed by atoms with Crippen LogP contribution in [0, 0.1) is 0 Å². The molecule has 1 N–H and O–H groups in total. The summed E-state index contributed by atoms with van der Waals surface area (Å²) in [6.45, 7) is 2.38. The van der Waals surface area contributed by atoms with Crippen molar-refractivity contribution in [3.8, 4) is 11.5 Å². The fourth-order valence-electron chi connectivity index (χ4n) is 2.54. The van der Waals surface area contributed by atoms with E-state index in [1.54, 1.807) is 42.5 Å². The minimum Gasteiger partial charge on any atom is -0.493 e. The zero-order chi connectivity index (χ0) is 18.7. The summed E-state index contributed by atoms with van der Waals surface area (Å²) in [5.74, 6) is 0.215. The van der Waals surface area contributed by atoms with Crippen molar-refractivity contribution in [3.05, 3.63) is 58.6 Å². The van der Waals surface area contributed by atoms with Crippen LogP contribution in [0.3, 0.4) is 0 Å². The normalized spacial score (nSPS) is 15.3. The van der Waals surface area contributed by atoms with Crippen LogP contribution >= 0.6 is 11.6 Å². The van der Waals surface area contributed by atoms with Gasteiger partial charge in [0, 0.05) is 5.02 Å². The predicted octanol–water partition coefficient (Wildman–Crippen LogP) is 3.21. The molecule has 26 heavy (non-hydrogen) atoms. The monoisotopic (exact) mass is 372 g/mol. The summed E-state index contributed by atoms with van der Waals surface area (Å²) < 4.78 is 10.8.